The Morgan fingerprint density at radius 2 is 1.79 bits per heavy atom. The number of esters is 1. The molecule has 0 atom stereocenters. The maximum absolute atomic E-state index is 13.5. The molecule has 0 spiro atoms. The van der Waals surface area contributed by atoms with E-state index in [4.69, 9.17) is 10.5 Å². The molecule has 12 heteroatoms. The molecule has 0 saturated carbocycles. The second-order valence-corrected chi connectivity index (χ2v) is 7.03. The zero-order chi connectivity index (χ0) is 21.3. The molecule has 2 rings (SSSR count). The topological polar surface area (TPSA) is 108 Å². The number of nitrogens with one attached hydrogen (secondary N) is 1. The number of methoxy groups -OCH3 is 2. The first-order valence-corrected chi connectivity index (χ1v) is 8.84. The summed E-state index contributed by atoms with van der Waals surface area (Å²) < 4.78 is 88.8. The van der Waals surface area contributed by atoms with Crippen LogP contribution in [-0.4, -0.2) is 28.6 Å². The highest BCUT2D eigenvalue weighted by atomic mass is 32.2. The maximum atomic E-state index is 13.5. The Balaban J connectivity index is 2.57. The smallest absolute Gasteiger partial charge is 0.419 e. The molecule has 2 aromatic rings. The van der Waals surface area contributed by atoms with Crippen molar-refractivity contribution in [2.75, 3.05) is 24.7 Å². The second kappa shape index (κ2) is 7.54. The standard InChI is InChI=1S/C16H14F4N2O5S/c1-26-13-4-3-8(15(23)27-2)5-14(13)28(24,25)22-12-6-9(16(18,19)20)10(17)7-11(12)21/h3-7,22H,21H2,1-2H3. The molecule has 0 fully saturated rings. The predicted molar refractivity (Wildman–Crippen MR) is 91.0 cm³/mol. The quantitative estimate of drug-likeness (QED) is 0.436. The lowest BCUT2D eigenvalue weighted by Crippen LogP contribution is -2.18. The molecule has 0 aliphatic heterocycles. The Morgan fingerprint density at radius 1 is 1.14 bits per heavy atom. The van der Waals surface area contributed by atoms with Crippen molar-refractivity contribution in [3.63, 3.8) is 0 Å². The van der Waals surface area contributed by atoms with Gasteiger partial charge in [0.15, 0.2) is 0 Å². The monoisotopic (exact) mass is 422 g/mol. The summed E-state index contributed by atoms with van der Waals surface area (Å²) >= 11 is 0. The molecule has 152 valence electrons. The normalized spacial score (nSPS) is 11.8. The first kappa shape index (κ1) is 21.3. The molecule has 2 aromatic carbocycles. The zero-order valence-electron chi connectivity index (χ0n) is 14.4. The van der Waals surface area contributed by atoms with Crippen LogP contribution >= 0.6 is 0 Å². The van der Waals surface area contributed by atoms with E-state index in [-0.39, 0.29) is 17.4 Å². The van der Waals surface area contributed by atoms with E-state index in [0.29, 0.717) is 6.07 Å². The van der Waals surface area contributed by atoms with E-state index in [9.17, 15) is 30.8 Å². The summed E-state index contributed by atoms with van der Waals surface area (Å²) in [6.07, 6.45) is -5.07. The third kappa shape index (κ3) is 4.27. The van der Waals surface area contributed by atoms with Crippen LogP contribution in [-0.2, 0) is 20.9 Å². The van der Waals surface area contributed by atoms with Gasteiger partial charge in [0.25, 0.3) is 10.0 Å². The lowest BCUT2D eigenvalue weighted by atomic mass is 10.1. The predicted octanol–water partition coefficient (Wildman–Crippen LogP) is 3.02. The van der Waals surface area contributed by atoms with Crippen LogP contribution in [0.3, 0.4) is 0 Å². The Morgan fingerprint density at radius 3 is 2.32 bits per heavy atom. The van der Waals surface area contributed by atoms with Gasteiger partial charge in [-0.25, -0.2) is 17.6 Å². The molecule has 3 N–H and O–H groups in total. The SMILES string of the molecule is COC(=O)c1ccc(OC)c(S(=O)(=O)Nc2cc(C(F)(F)F)c(F)cc2N)c1. The van der Waals surface area contributed by atoms with Crippen molar-refractivity contribution in [3.05, 3.63) is 47.3 Å². The van der Waals surface area contributed by atoms with Crippen LogP contribution in [0.4, 0.5) is 28.9 Å². The Bertz CT molecular complexity index is 1020. The second-order valence-electron chi connectivity index (χ2n) is 5.38. The van der Waals surface area contributed by atoms with E-state index >= 15 is 0 Å². The molecule has 0 aliphatic carbocycles. The van der Waals surface area contributed by atoms with Crippen LogP contribution in [0, 0.1) is 5.82 Å². The van der Waals surface area contributed by atoms with Crippen LogP contribution in [0.15, 0.2) is 35.2 Å². The molecule has 0 radical (unpaired) electrons. The Hall–Kier alpha value is -3.02. The highest BCUT2D eigenvalue weighted by Gasteiger charge is 2.35. The lowest BCUT2D eigenvalue weighted by Gasteiger charge is -2.16. The maximum Gasteiger partial charge on any atom is 0.419 e. The van der Waals surface area contributed by atoms with Gasteiger partial charge >= 0.3 is 12.1 Å². The number of nitrogens with two attached hydrogens (primary N) is 1. The molecule has 0 saturated heterocycles. The molecule has 0 unspecified atom stereocenters. The van der Waals surface area contributed by atoms with Gasteiger partial charge in [-0.3, -0.25) is 4.72 Å². The fourth-order valence-corrected chi connectivity index (χ4v) is 3.50. The Labute approximate surface area is 157 Å². The van der Waals surface area contributed by atoms with E-state index < -0.39 is 49.8 Å². The van der Waals surface area contributed by atoms with Gasteiger partial charge in [0, 0.05) is 0 Å². The van der Waals surface area contributed by atoms with Crippen molar-refractivity contribution >= 4 is 27.4 Å². The van der Waals surface area contributed by atoms with Crippen LogP contribution in [0.25, 0.3) is 0 Å². The van der Waals surface area contributed by atoms with Gasteiger partial charge in [-0.2, -0.15) is 13.2 Å². The van der Waals surface area contributed by atoms with Crippen molar-refractivity contribution in [1.29, 1.82) is 0 Å². The third-order valence-corrected chi connectivity index (χ3v) is 4.95. The van der Waals surface area contributed by atoms with Crippen LogP contribution < -0.4 is 15.2 Å². The average Bonchev–Trinajstić information content (AvgIpc) is 2.61. The van der Waals surface area contributed by atoms with Gasteiger partial charge in [0.2, 0.25) is 0 Å². The van der Waals surface area contributed by atoms with Crippen molar-refractivity contribution in [1.82, 2.24) is 0 Å². The first-order valence-electron chi connectivity index (χ1n) is 7.36. The van der Waals surface area contributed by atoms with Crippen molar-refractivity contribution in [2.45, 2.75) is 11.1 Å². The van der Waals surface area contributed by atoms with Gasteiger partial charge in [-0.15, -0.1) is 0 Å². The summed E-state index contributed by atoms with van der Waals surface area (Å²) in [5.74, 6) is -2.70. The number of hydrogen-bond acceptors (Lipinski definition) is 6. The number of anilines is 2. The van der Waals surface area contributed by atoms with Crippen molar-refractivity contribution in [2.24, 2.45) is 0 Å². The number of benzene rings is 2. The van der Waals surface area contributed by atoms with E-state index in [0.717, 1.165) is 26.4 Å². The molecule has 0 amide bonds. The van der Waals surface area contributed by atoms with Crippen LogP contribution in [0.2, 0.25) is 0 Å². The Kier molecular flexibility index (Phi) is 5.73. The number of halogens is 4. The highest BCUT2D eigenvalue weighted by molar-refractivity contribution is 7.92. The van der Waals surface area contributed by atoms with Crippen molar-refractivity contribution in [3.8, 4) is 5.75 Å². The molecular weight excluding hydrogens is 408 g/mol. The average molecular weight is 422 g/mol. The van der Waals surface area contributed by atoms with Gasteiger partial charge in [0.05, 0.1) is 36.7 Å². The highest BCUT2D eigenvalue weighted by Crippen LogP contribution is 2.36. The summed E-state index contributed by atoms with van der Waals surface area (Å²) in [5, 5.41) is 0. The minimum Gasteiger partial charge on any atom is -0.495 e. The summed E-state index contributed by atoms with van der Waals surface area (Å²) in [5.41, 5.74) is 2.34. The summed E-state index contributed by atoms with van der Waals surface area (Å²) in [6.45, 7) is 0. The third-order valence-electron chi connectivity index (χ3n) is 3.56. The fraction of sp³-hybridized carbons (Fsp3) is 0.188. The number of nitrogen functional groups attached to an aromatic ring is 1. The summed E-state index contributed by atoms with van der Waals surface area (Å²) in [6, 6.07) is 3.90. The zero-order valence-corrected chi connectivity index (χ0v) is 15.2. The molecule has 0 bridgehead atoms. The molecule has 0 aromatic heterocycles. The minimum atomic E-state index is -5.07. The number of ether oxygens (including phenoxy) is 2. The van der Waals surface area contributed by atoms with Gasteiger partial charge in [0.1, 0.15) is 16.5 Å². The minimum absolute atomic E-state index is 0.147. The molecular formula is C16H14F4N2O5S. The molecule has 0 aliphatic rings. The van der Waals surface area contributed by atoms with Crippen molar-refractivity contribution < 1.29 is 40.2 Å². The number of hydrogen-bond donors (Lipinski definition) is 2. The van der Waals surface area contributed by atoms with Crippen LogP contribution in [0.1, 0.15) is 15.9 Å². The van der Waals surface area contributed by atoms with Gasteiger partial charge < -0.3 is 15.2 Å². The molecule has 7 nitrogen and oxygen atoms in total. The van der Waals surface area contributed by atoms with Gasteiger partial charge in [-0.05, 0) is 30.3 Å². The molecule has 28 heavy (non-hydrogen) atoms. The van der Waals surface area contributed by atoms with E-state index in [2.05, 4.69) is 4.74 Å². The van der Waals surface area contributed by atoms with Crippen LogP contribution in [0.5, 0.6) is 5.75 Å². The number of sulfonamides is 1. The van der Waals surface area contributed by atoms with Gasteiger partial charge in [-0.1, -0.05) is 0 Å². The summed E-state index contributed by atoms with van der Waals surface area (Å²) in [4.78, 5) is 11.1. The summed E-state index contributed by atoms with van der Waals surface area (Å²) in [7, 11) is -2.34. The van der Waals surface area contributed by atoms with E-state index in [1.165, 1.54) is 6.07 Å². The van der Waals surface area contributed by atoms with E-state index in [1.54, 1.807) is 0 Å². The fourth-order valence-electron chi connectivity index (χ4n) is 2.23. The first-order chi connectivity index (χ1) is 12.9. The number of rotatable bonds is 5. The number of alkyl halides is 3. The van der Waals surface area contributed by atoms with E-state index in [1.807, 2.05) is 4.72 Å². The largest absolute Gasteiger partial charge is 0.495 e. The number of carbonyl (C=O) groups is 1. The number of carbonyl (C=O) groups excluding carboxylic acids is 1. The lowest BCUT2D eigenvalue weighted by molar-refractivity contribution is -0.139. The molecule has 0 heterocycles.